The molecule has 1 aliphatic rings. The van der Waals surface area contributed by atoms with Crippen molar-refractivity contribution in [2.75, 3.05) is 6.54 Å². The Morgan fingerprint density at radius 1 is 1.45 bits per heavy atom. The van der Waals surface area contributed by atoms with E-state index in [-0.39, 0.29) is 11.6 Å². The summed E-state index contributed by atoms with van der Waals surface area (Å²) >= 11 is 0. The topological polar surface area (TPSA) is 44.9 Å². The van der Waals surface area contributed by atoms with Crippen LogP contribution in [-0.4, -0.2) is 11.5 Å². The molecule has 0 saturated carbocycles. The van der Waals surface area contributed by atoms with Gasteiger partial charge in [0.15, 0.2) is 0 Å². The smallest absolute Gasteiger partial charge is 0.326 e. The average Bonchev–Trinajstić information content (AvgIpc) is 2.33. The Bertz CT molecular complexity index is 534. The van der Waals surface area contributed by atoms with Gasteiger partial charge in [-0.05, 0) is 31.7 Å². The minimum absolute atomic E-state index is 0.226. The number of aromatic amines is 1. The van der Waals surface area contributed by atoms with E-state index in [9.17, 15) is 18.0 Å². The lowest BCUT2D eigenvalue weighted by atomic mass is 9.87. The van der Waals surface area contributed by atoms with Crippen LogP contribution in [-0.2, 0) is 12.6 Å². The number of aryl methyl sites for hydroxylation is 1. The van der Waals surface area contributed by atoms with Crippen LogP contribution in [0.4, 0.5) is 13.2 Å². The summed E-state index contributed by atoms with van der Waals surface area (Å²) in [6, 6.07) is 0.336. The number of halogens is 3. The summed E-state index contributed by atoms with van der Waals surface area (Å²) in [7, 11) is 0. The van der Waals surface area contributed by atoms with E-state index in [1.54, 1.807) is 0 Å². The maximum Gasteiger partial charge on any atom is 0.416 e. The fraction of sp³-hybridized carbons (Fsp3) is 0.643. The molecule has 0 radical (unpaired) electrons. The lowest BCUT2D eigenvalue weighted by molar-refractivity contribution is -0.138. The first-order valence-corrected chi connectivity index (χ1v) is 6.85. The van der Waals surface area contributed by atoms with Crippen molar-refractivity contribution in [3.63, 3.8) is 0 Å². The van der Waals surface area contributed by atoms with Gasteiger partial charge in [-0.2, -0.15) is 13.2 Å². The summed E-state index contributed by atoms with van der Waals surface area (Å²) in [5, 5.41) is 3.19. The molecule has 1 unspecified atom stereocenters. The lowest BCUT2D eigenvalue weighted by Crippen LogP contribution is -2.32. The molecular weight excluding hydrogens is 269 g/mol. The van der Waals surface area contributed by atoms with Gasteiger partial charge in [0.1, 0.15) is 0 Å². The van der Waals surface area contributed by atoms with Crippen LogP contribution in [0, 0.1) is 5.92 Å². The van der Waals surface area contributed by atoms with Crippen molar-refractivity contribution in [3.05, 3.63) is 33.2 Å². The molecule has 2 N–H and O–H groups in total. The summed E-state index contributed by atoms with van der Waals surface area (Å²) in [5.74, 6) is 0.359. The second-order valence-electron chi connectivity index (χ2n) is 5.68. The summed E-state index contributed by atoms with van der Waals surface area (Å²) in [6.07, 6.45) is -2.56. The van der Waals surface area contributed by atoms with Gasteiger partial charge in [-0.25, -0.2) is 0 Å². The number of aromatic nitrogens is 1. The van der Waals surface area contributed by atoms with Crippen LogP contribution < -0.4 is 10.9 Å². The Morgan fingerprint density at radius 2 is 2.15 bits per heavy atom. The molecule has 1 aromatic rings. The number of hydrogen-bond acceptors (Lipinski definition) is 2. The second kappa shape index (κ2) is 5.60. The molecule has 112 valence electrons. The molecule has 1 atom stereocenters. The highest BCUT2D eigenvalue weighted by Crippen LogP contribution is 2.38. The van der Waals surface area contributed by atoms with E-state index in [4.69, 9.17) is 0 Å². The van der Waals surface area contributed by atoms with Gasteiger partial charge >= 0.3 is 6.18 Å². The predicted octanol–water partition coefficient (Wildman–Crippen LogP) is 3.02. The third kappa shape index (κ3) is 3.23. The van der Waals surface area contributed by atoms with E-state index in [0.29, 0.717) is 37.1 Å². The molecule has 0 saturated heterocycles. The van der Waals surface area contributed by atoms with E-state index in [0.717, 1.165) is 6.42 Å². The minimum atomic E-state index is -4.49. The first kappa shape index (κ1) is 15.1. The fourth-order valence-corrected chi connectivity index (χ4v) is 2.66. The number of rotatable bonds is 3. The molecule has 0 amide bonds. The highest BCUT2D eigenvalue weighted by molar-refractivity contribution is 5.37. The van der Waals surface area contributed by atoms with Crippen LogP contribution in [0.15, 0.2) is 10.9 Å². The van der Waals surface area contributed by atoms with Gasteiger partial charge < -0.3 is 10.3 Å². The van der Waals surface area contributed by atoms with E-state index in [2.05, 4.69) is 10.3 Å². The maximum absolute atomic E-state index is 13.1. The maximum atomic E-state index is 13.1. The number of alkyl halides is 3. The Balaban J connectivity index is 2.45. The van der Waals surface area contributed by atoms with Crippen molar-refractivity contribution in [1.82, 2.24) is 10.3 Å². The Hall–Kier alpha value is -1.30. The molecule has 1 aromatic heterocycles. The second-order valence-corrected chi connectivity index (χ2v) is 5.68. The number of nitrogens with one attached hydrogen (secondary N) is 2. The van der Waals surface area contributed by atoms with Crippen molar-refractivity contribution >= 4 is 0 Å². The molecule has 0 spiro atoms. The predicted molar refractivity (Wildman–Crippen MR) is 70.6 cm³/mol. The summed E-state index contributed by atoms with van der Waals surface area (Å²) in [6.45, 7) is 4.67. The van der Waals surface area contributed by atoms with Crippen molar-refractivity contribution in [1.29, 1.82) is 0 Å². The Kier molecular flexibility index (Phi) is 4.22. The van der Waals surface area contributed by atoms with Gasteiger partial charge in [0.25, 0.3) is 0 Å². The van der Waals surface area contributed by atoms with Crippen molar-refractivity contribution < 1.29 is 13.2 Å². The fourth-order valence-electron chi connectivity index (χ4n) is 2.66. The molecule has 0 aromatic carbocycles. The first-order chi connectivity index (χ1) is 9.29. The van der Waals surface area contributed by atoms with Gasteiger partial charge in [0.2, 0.25) is 5.56 Å². The van der Waals surface area contributed by atoms with Gasteiger partial charge in [0.05, 0.1) is 5.56 Å². The SMILES string of the molecule is CC(C)CNC1CCCc2[nH]c(=O)cc(C(F)(F)F)c21. The number of H-pyrrole nitrogens is 1. The molecule has 20 heavy (non-hydrogen) atoms. The van der Waals surface area contributed by atoms with Crippen molar-refractivity contribution in [2.24, 2.45) is 5.92 Å². The summed E-state index contributed by atoms with van der Waals surface area (Å²) < 4.78 is 39.4. The lowest BCUT2D eigenvalue weighted by Gasteiger charge is -2.29. The van der Waals surface area contributed by atoms with Gasteiger partial charge in [-0.15, -0.1) is 0 Å². The van der Waals surface area contributed by atoms with E-state index < -0.39 is 17.3 Å². The number of hydrogen-bond donors (Lipinski definition) is 2. The van der Waals surface area contributed by atoms with Crippen LogP contribution in [0.5, 0.6) is 0 Å². The number of fused-ring (bicyclic) bond motifs is 1. The van der Waals surface area contributed by atoms with Crippen molar-refractivity contribution in [3.8, 4) is 0 Å². The Labute approximate surface area is 115 Å². The molecule has 2 rings (SSSR count). The first-order valence-electron chi connectivity index (χ1n) is 6.85. The van der Waals surface area contributed by atoms with Crippen LogP contribution in [0.1, 0.15) is 49.6 Å². The minimum Gasteiger partial charge on any atom is -0.326 e. The van der Waals surface area contributed by atoms with Crippen LogP contribution in [0.2, 0.25) is 0 Å². The zero-order valence-corrected chi connectivity index (χ0v) is 11.6. The molecule has 0 fully saturated rings. The molecule has 0 bridgehead atoms. The zero-order chi connectivity index (χ0) is 14.9. The highest BCUT2D eigenvalue weighted by atomic mass is 19.4. The zero-order valence-electron chi connectivity index (χ0n) is 11.6. The molecule has 3 nitrogen and oxygen atoms in total. The van der Waals surface area contributed by atoms with Gasteiger partial charge in [0, 0.05) is 23.4 Å². The summed E-state index contributed by atoms with van der Waals surface area (Å²) in [5.41, 5.74) is -0.820. The van der Waals surface area contributed by atoms with Crippen LogP contribution >= 0.6 is 0 Å². The number of pyridine rings is 1. The van der Waals surface area contributed by atoms with Gasteiger partial charge in [-0.3, -0.25) is 4.79 Å². The van der Waals surface area contributed by atoms with Gasteiger partial charge in [-0.1, -0.05) is 13.8 Å². The highest BCUT2D eigenvalue weighted by Gasteiger charge is 2.38. The summed E-state index contributed by atoms with van der Waals surface area (Å²) in [4.78, 5) is 14.0. The normalized spacial score (nSPS) is 19.2. The molecule has 1 heterocycles. The molecule has 1 aliphatic carbocycles. The van der Waals surface area contributed by atoms with E-state index in [1.165, 1.54) is 0 Å². The average molecular weight is 288 g/mol. The van der Waals surface area contributed by atoms with Crippen LogP contribution in [0.3, 0.4) is 0 Å². The monoisotopic (exact) mass is 288 g/mol. The Morgan fingerprint density at radius 3 is 2.75 bits per heavy atom. The third-order valence-corrected chi connectivity index (χ3v) is 3.51. The van der Waals surface area contributed by atoms with Crippen molar-refractivity contribution in [2.45, 2.75) is 45.3 Å². The van der Waals surface area contributed by atoms with E-state index >= 15 is 0 Å². The molecule has 0 aliphatic heterocycles. The quantitative estimate of drug-likeness (QED) is 0.898. The standard InChI is InChI=1S/C14H19F3N2O/c1-8(2)7-18-10-4-3-5-11-13(10)9(14(15,16)17)6-12(20)19-11/h6,8,10,18H,3-5,7H2,1-2H3,(H,19,20). The van der Waals surface area contributed by atoms with Crippen LogP contribution in [0.25, 0.3) is 0 Å². The molecular formula is C14H19F3N2O. The largest absolute Gasteiger partial charge is 0.416 e. The third-order valence-electron chi connectivity index (χ3n) is 3.51. The molecule has 6 heteroatoms. The van der Waals surface area contributed by atoms with E-state index in [1.807, 2.05) is 13.8 Å².